The number of aromatic nitrogens is 1. The van der Waals surface area contributed by atoms with Crippen molar-refractivity contribution < 1.29 is 4.79 Å². The van der Waals surface area contributed by atoms with Crippen LogP contribution in [0.25, 0.3) is 5.57 Å². The zero-order valence-corrected chi connectivity index (χ0v) is 7.95. The van der Waals surface area contributed by atoms with Crippen molar-refractivity contribution in [3.8, 4) is 0 Å². The van der Waals surface area contributed by atoms with Crippen molar-refractivity contribution in [2.75, 3.05) is 0 Å². The van der Waals surface area contributed by atoms with E-state index in [-0.39, 0.29) is 0 Å². The Morgan fingerprint density at radius 2 is 2.38 bits per heavy atom. The second kappa shape index (κ2) is 2.87. The quantitative estimate of drug-likeness (QED) is 0.599. The number of nitrogens with zero attached hydrogens (tertiary/aromatic N) is 1. The first kappa shape index (κ1) is 8.30. The fraction of sp³-hybridized carbons (Fsp3) is 0.364. The lowest BCUT2D eigenvalue weighted by Gasteiger charge is -2.23. The fourth-order valence-corrected chi connectivity index (χ4v) is 2.03. The number of fused-ring (bicyclic) bond motifs is 1. The average Bonchev–Trinajstić information content (AvgIpc) is 2.53. The minimum atomic E-state index is 0.345. The molecule has 2 nitrogen and oxygen atoms in total. The van der Waals surface area contributed by atoms with E-state index in [1.807, 2.05) is 13.0 Å². The molecule has 1 aromatic heterocycles. The summed E-state index contributed by atoms with van der Waals surface area (Å²) in [5, 5.41) is 0. The number of hydrogen-bond donors (Lipinski definition) is 0. The van der Waals surface area contributed by atoms with E-state index >= 15 is 0 Å². The Balaban J connectivity index is 2.59. The van der Waals surface area contributed by atoms with E-state index < -0.39 is 0 Å². The van der Waals surface area contributed by atoms with E-state index in [1.54, 1.807) is 0 Å². The van der Waals surface area contributed by atoms with E-state index in [0.717, 1.165) is 24.0 Å². The number of carbonyl (C=O) groups is 1. The van der Waals surface area contributed by atoms with Gasteiger partial charge in [0.1, 0.15) is 6.29 Å². The molecule has 0 bridgehead atoms. The Bertz CT molecular complexity index is 373. The van der Waals surface area contributed by atoms with Gasteiger partial charge >= 0.3 is 0 Å². The lowest BCUT2D eigenvalue weighted by molar-refractivity contribution is -0.105. The lowest BCUT2D eigenvalue weighted by atomic mass is 9.92. The van der Waals surface area contributed by atoms with Crippen LogP contribution in [0.2, 0.25) is 0 Å². The van der Waals surface area contributed by atoms with Gasteiger partial charge in [-0.3, -0.25) is 4.79 Å². The van der Waals surface area contributed by atoms with Crippen molar-refractivity contribution >= 4 is 11.9 Å². The summed E-state index contributed by atoms with van der Waals surface area (Å²) < 4.78 is 2.20. The van der Waals surface area contributed by atoms with E-state index in [4.69, 9.17) is 0 Å². The molecular formula is C11H13NO. The molecule has 68 valence electrons. The van der Waals surface area contributed by atoms with E-state index in [0.29, 0.717) is 5.92 Å². The van der Waals surface area contributed by atoms with Crippen LogP contribution < -0.4 is 0 Å². The maximum absolute atomic E-state index is 10.8. The van der Waals surface area contributed by atoms with E-state index in [2.05, 4.69) is 23.8 Å². The van der Waals surface area contributed by atoms with Crippen LogP contribution in [0.5, 0.6) is 0 Å². The van der Waals surface area contributed by atoms with E-state index in [1.165, 1.54) is 5.69 Å². The Morgan fingerprint density at radius 1 is 1.62 bits per heavy atom. The summed E-state index contributed by atoms with van der Waals surface area (Å²) in [5.41, 5.74) is 3.25. The largest absolute Gasteiger partial charge is 0.347 e. The molecule has 13 heavy (non-hydrogen) atoms. The van der Waals surface area contributed by atoms with Crippen molar-refractivity contribution in [2.24, 2.45) is 5.92 Å². The molecule has 0 amide bonds. The van der Waals surface area contributed by atoms with Crippen LogP contribution in [-0.2, 0) is 11.3 Å². The normalized spacial score (nSPS) is 21.5. The first-order valence-electron chi connectivity index (χ1n) is 4.55. The molecule has 0 saturated heterocycles. The second-order valence-corrected chi connectivity index (χ2v) is 3.65. The molecule has 1 aliphatic heterocycles. The van der Waals surface area contributed by atoms with E-state index in [9.17, 15) is 4.79 Å². The highest BCUT2D eigenvalue weighted by Crippen LogP contribution is 2.29. The van der Waals surface area contributed by atoms with Gasteiger partial charge in [0.2, 0.25) is 0 Å². The molecule has 0 spiro atoms. The molecule has 1 unspecified atom stereocenters. The number of hydrogen-bond acceptors (Lipinski definition) is 1. The first-order valence-corrected chi connectivity index (χ1v) is 4.55. The van der Waals surface area contributed by atoms with Gasteiger partial charge in [0.05, 0.1) is 0 Å². The van der Waals surface area contributed by atoms with Crippen molar-refractivity contribution in [3.63, 3.8) is 0 Å². The molecule has 0 aromatic carbocycles. The van der Waals surface area contributed by atoms with Crippen LogP contribution in [0, 0.1) is 5.92 Å². The maximum Gasteiger partial charge on any atom is 0.146 e. The van der Waals surface area contributed by atoms with Gasteiger partial charge in [0.25, 0.3) is 0 Å². The van der Waals surface area contributed by atoms with Gasteiger partial charge in [-0.05, 0) is 24.6 Å². The highest BCUT2D eigenvalue weighted by Gasteiger charge is 2.20. The Morgan fingerprint density at radius 3 is 3.08 bits per heavy atom. The minimum absolute atomic E-state index is 0.345. The third-order valence-electron chi connectivity index (χ3n) is 2.78. The zero-order valence-electron chi connectivity index (χ0n) is 7.95. The van der Waals surface area contributed by atoms with Gasteiger partial charge in [-0.1, -0.05) is 6.92 Å². The third kappa shape index (κ3) is 1.13. The summed E-state index contributed by atoms with van der Waals surface area (Å²) >= 11 is 0. The molecule has 0 N–H and O–H groups in total. The van der Waals surface area contributed by atoms with Gasteiger partial charge in [-0.2, -0.15) is 0 Å². The monoisotopic (exact) mass is 175 g/mol. The highest BCUT2D eigenvalue weighted by atomic mass is 16.1. The van der Waals surface area contributed by atoms with Gasteiger partial charge in [-0.25, -0.2) is 0 Å². The predicted octanol–water partition coefficient (Wildman–Crippen LogP) is 2.11. The Hall–Kier alpha value is -1.31. The van der Waals surface area contributed by atoms with Gasteiger partial charge in [0.15, 0.2) is 0 Å². The molecule has 1 aromatic rings. The number of carbonyl (C=O) groups excluding carboxylic acids is 1. The molecule has 0 fully saturated rings. The van der Waals surface area contributed by atoms with Gasteiger partial charge in [0, 0.05) is 29.9 Å². The Labute approximate surface area is 77.9 Å². The standard InChI is InChI=1S/C11H13NO/c1-8-6-12-5-3-4-11(12)9(2)10(8)7-13/h3-5,7-8H,6H2,1-2H3. The predicted molar refractivity (Wildman–Crippen MR) is 52.3 cm³/mol. The molecular weight excluding hydrogens is 162 g/mol. The molecule has 0 radical (unpaired) electrons. The average molecular weight is 175 g/mol. The maximum atomic E-state index is 10.8. The molecule has 0 saturated carbocycles. The van der Waals surface area contributed by atoms with Crippen molar-refractivity contribution in [3.05, 3.63) is 29.6 Å². The van der Waals surface area contributed by atoms with Crippen molar-refractivity contribution in [1.29, 1.82) is 0 Å². The summed E-state index contributed by atoms with van der Waals surface area (Å²) in [6, 6.07) is 4.09. The third-order valence-corrected chi connectivity index (χ3v) is 2.78. The summed E-state index contributed by atoms with van der Waals surface area (Å²) in [4.78, 5) is 10.8. The lowest BCUT2D eigenvalue weighted by Crippen LogP contribution is -2.18. The smallest absolute Gasteiger partial charge is 0.146 e. The molecule has 1 aliphatic rings. The minimum Gasteiger partial charge on any atom is -0.347 e. The highest BCUT2D eigenvalue weighted by molar-refractivity contribution is 5.88. The van der Waals surface area contributed by atoms with Crippen LogP contribution in [0.15, 0.2) is 23.9 Å². The van der Waals surface area contributed by atoms with Crippen LogP contribution in [0.3, 0.4) is 0 Å². The second-order valence-electron chi connectivity index (χ2n) is 3.65. The summed E-state index contributed by atoms with van der Waals surface area (Å²) in [7, 11) is 0. The topological polar surface area (TPSA) is 22.0 Å². The number of rotatable bonds is 1. The molecule has 2 heterocycles. The summed E-state index contributed by atoms with van der Waals surface area (Å²) in [6.45, 7) is 5.04. The van der Waals surface area contributed by atoms with Crippen LogP contribution in [0.1, 0.15) is 19.5 Å². The molecule has 2 heteroatoms. The SMILES string of the molecule is CC1=C(C=O)C(C)Cn2cccc21. The van der Waals surface area contributed by atoms with Crippen LogP contribution >= 0.6 is 0 Å². The summed E-state index contributed by atoms with van der Waals surface area (Å²) in [5.74, 6) is 0.345. The first-order chi connectivity index (χ1) is 6.24. The van der Waals surface area contributed by atoms with Crippen LogP contribution in [0.4, 0.5) is 0 Å². The van der Waals surface area contributed by atoms with Crippen LogP contribution in [-0.4, -0.2) is 10.9 Å². The number of allylic oxidation sites excluding steroid dienone is 2. The van der Waals surface area contributed by atoms with Crippen molar-refractivity contribution in [1.82, 2.24) is 4.57 Å². The van der Waals surface area contributed by atoms with Gasteiger partial charge < -0.3 is 4.57 Å². The zero-order chi connectivity index (χ0) is 9.42. The molecule has 2 rings (SSSR count). The number of aldehydes is 1. The molecule has 0 aliphatic carbocycles. The molecule has 1 atom stereocenters. The van der Waals surface area contributed by atoms with Crippen molar-refractivity contribution in [2.45, 2.75) is 20.4 Å². The fourth-order valence-electron chi connectivity index (χ4n) is 2.03. The summed E-state index contributed by atoms with van der Waals surface area (Å²) in [6.07, 6.45) is 3.06. The van der Waals surface area contributed by atoms with Gasteiger partial charge in [-0.15, -0.1) is 0 Å². The Kier molecular flexibility index (Phi) is 1.83.